The molecule has 0 unspecified atom stereocenters. The molecule has 1 amide bonds. The summed E-state index contributed by atoms with van der Waals surface area (Å²) in [4.78, 5) is 24.0. The predicted molar refractivity (Wildman–Crippen MR) is 77.5 cm³/mol. The standard InChI is InChI=1S/C13H11NO3S2/c1-18-10-5-3-2-4-8(10)11(15)14-12-9(13(16)17)6-7-19-12/h2-7H,1H3,(H,14,15)(H,16,17). The number of carbonyl (C=O) groups excluding carboxylic acids is 1. The predicted octanol–water partition coefficient (Wildman–Crippen LogP) is 3.42. The second kappa shape index (κ2) is 5.90. The molecule has 19 heavy (non-hydrogen) atoms. The minimum atomic E-state index is -1.05. The summed E-state index contributed by atoms with van der Waals surface area (Å²) in [7, 11) is 0. The van der Waals surface area contributed by atoms with Crippen molar-refractivity contribution in [1.29, 1.82) is 0 Å². The van der Waals surface area contributed by atoms with Crippen LogP contribution in [0.4, 0.5) is 5.00 Å². The van der Waals surface area contributed by atoms with E-state index in [1.807, 2.05) is 18.4 Å². The summed E-state index contributed by atoms with van der Waals surface area (Å²) in [6.07, 6.45) is 1.89. The van der Waals surface area contributed by atoms with Gasteiger partial charge in [-0.1, -0.05) is 12.1 Å². The molecule has 0 fully saturated rings. The summed E-state index contributed by atoms with van der Waals surface area (Å²) in [6.45, 7) is 0. The highest BCUT2D eigenvalue weighted by molar-refractivity contribution is 7.98. The second-order valence-electron chi connectivity index (χ2n) is 3.62. The molecule has 0 bridgehead atoms. The summed E-state index contributed by atoms with van der Waals surface area (Å²) in [6, 6.07) is 8.68. The maximum Gasteiger partial charge on any atom is 0.338 e. The summed E-state index contributed by atoms with van der Waals surface area (Å²) in [5.74, 6) is -1.34. The number of thioether (sulfide) groups is 1. The number of benzene rings is 1. The Kier molecular flexibility index (Phi) is 4.24. The lowest BCUT2D eigenvalue weighted by Crippen LogP contribution is -2.14. The molecule has 2 N–H and O–H groups in total. The first kappa shape index (κ1) is 13.6. The highest BCUT2D eigenvalue weighted by Crippen LogP contribution is 2.26. The van der Waals surface area contributed by atoms with Crippen LogP contribution in [0.1, 0.15) is 20.7 Å². The molecular weight excluding hydrogens is 282 g/mol. The van der Waals surface area contributed by atoms with Gasteiger partial charge >= 0.3 is 5.97 Å². The Labute approximate surface area is 118 Å². The maximum atomic E-state index is 12.2. The van der Waals surface area contributed by atoms with Crippen molar-refractivity contribution in [2.75, 3.05) is 11.6 Å². The molecule has 1 aromatic heterocycles. The summed E-state index contributed by atoms with van der Waals surface area (Å²) in [5, 5.41) is 13.6. The van der Waals surface area contributed by atoms with Crippen molar-refractivity contribution in [3.05, 3.63) is 46.8 Å². The smallest absolute Gasteiger partial charge is 0.338 e. The van der Waals surface area contributed by atoms with Crippen LogP contribution in [0.15, 0.2) is 40.6 Å². The number of hydrogen-bond donors (Lipinski definition) is 2. The molecule has 1 heterocycles. The van der Waals surface area contributed by atoms with Crippen molar-refractivity contribution in [3.63, 3.8) is 0 Å². The van der Waals surface area contributed by atoms with E-state index < -0.39 is 5.97 Å². The lowest BCUT2D eigenvalue weighted by molar-refractivity contribution is 0.0698. The number of aromatic carboxylic acids is 1. The molecule has 1 aromatic carbocycles. The van der Waals surface area contributed by atoms with Crippen LogP contribution in [-0.2, 0) is 0 Å². The molecule has 0 aliphatic heterocycles. The Balaban J connectivity index is 2.26. The molecule has 0 aliphatic rings. The van der Waals surface area contributed by atoms with Gasteiger partial charge in [0.05, 0.1) is 11.1 Å². The Hall–Kier alpha value is -1.79. The van der Waals surface area contributed by atoms with Gasteiger partial charge in [-0.25, -0.2) is 4.79 Å². The van der Waals surface area contributed by atoms with Crippen molar-refractivity contribution in [2.45, 2.75) is 4.90 Å². The fraction of sp³-hybridized carbons (Fsp3) is 0.0769. The van der Waals surface area contributed by atoms with Crippen LogP contribution in [0.5, 0.6) is 0 Å². The van der Waals surface area contributed by atoms with E-state index in [1.165, 1.54) is 29.2 Å². The third-order valence-electron chi connectivity index (χ3n) is 2.47. The van der Waals surface area contributed by atoms with Crippen molar-refractivity contribution in [2.24, 2.45) is 0 Å². The molecule has 0 atom stereocenters. The van der Waals surface area contributed by atoms with Gasteiger partial charge in [0.15, 0.2) is 0 Å². The van der Waals surface area contributed by atoms with E-state index in [0.717, 1.165) is 4.90 Å². The molecule has 0 spiro atoms. The first-order valence-corrected chi connectivity index (χ1v) is 7.49. The van der Waals surface area contributed by atoms with Gasteiger partial charge in [0.25, 0.3) is 5.91 Å². The van der Waals surface area contributed by atoms with Crippen molar-refractivity contribution in [1.82, 2.24) is 0 Å². The van der Waals surface area contributed by atoms with Gasteiger partial charge in [0.1, 0.15) is 5.00 Å². The topological polar surface area (TPSA) is 66.4 Å². The Morgan fingerprint density at radius 3 is 2.63 bits per heavy atom. The van der Waals surface area contributed by atoms with E-state index >= 15 is 0 Å². The minimum absolute atomic E-state index is 0.111. The number of thiophene rings is 1. The molecule has 98 valence electrons. The number of carbonyl (C=O) groups is 2. The zero-order chi connectivity index (χ0) is 13.8. The summed E-state index contributed by atoms with van der Waals surface area (Å²) >= 11 is 2.67. The number of anilines is 1. The number of nitrogens with one attached hydrogen (secondary N) is 1. The van der Waals surface area contributed by atoms with Crippen molar-refractivity contribution >= 4 is 40.0 Å². The van der Waals surface area contributed by atoms with E-state index in [2.05, 4.69) is 5.32 Å². The lowest BCUT2D eigenvalue weighted by atomic mass is 10.2. The van der Waals surface area contributed by atoms with Crippen LogP contribution < -0.4 is 5.32 Å². The minimum Gasteiger partial charge on any atom is -0.478 e. The average molecular weight is 293 g/mol. The van der Waals surface area contributed by atoms with E-state index in [9.17, 15) is 9.59 Å². The van der Waals surface area contributed by atoms with E-state index in [0.29, 0.717) is 10.6 Å². The van der Waals surface area contributed by atoms with Crippen LogP contribution in [-0.4, -0.2) is 23.2 Å². The van der Waals surface area contributed by atoms with Gasteiger partial charge in [-0.05, 0) is 29.8 Å². The Morgan fingerprint density at radius 1 is 1.21 bits per heavy atom. The van der Waals surface area contributed by atoms with Crippen molar-refractivity contribution < 1.29 is 14.7 Å². The molecule has 0 aliphatic carbocycles. The highest BCUT2D eigenvalue weighted by atomic mass is 32.2. The van der Waals surface area contributed by atoms with Crippen LogP contribution in [0, 0.1) is 0 Å². The molecule has 0 saturated carbocycles. The average Bonchev–Trinajstić information content (AvgIpc) is 2.87. The van der Waals surface area contributed by atoms with Gasteiger partial charge in [-0.2, -0.15) is 0 Å². The first-order chi connectivity index (χ1) is 9.13. The van der Waals surface area contributed by atoms with Crippen LogP contribution >= 0.6 is 23.1 Å². The number of carboxylic acid groups (broad SMARTS) is 1. The maximum absolute atomic E-state index is 12.2. The normalized spacial score (nSPS) is 10.2. The first-order valence-electron chi connectivity index (χ1n) is 5.38. The largest absolute Gasteiger partial charge is 0.478 e. The molecular formula is C13H11NO3S2. The van der Waals surface area contributed by atoms with Crippen LogP contribution in [0.3, 0.4) is 0 Å². The van der Waals surface area contributed by atoms with Gasteiger partial charge in [-0.15, -0.1) is 23.1 Å². The number of hydrogen-bond acceptors (Lipinski definition) is 4. The third-order valence-corrected chi connectivity index (χ3v) is 4.10. The highest BCUT2D eigenvalue weighted by Gasteiger charge is 2.16. The van der Waals surface area contributed by atoms with Gasteiger partial charge in [0.2, 0.25) is 0 Å². The van der Waals surface area contributed by atoms with Crippen LogP contribution in [0.2, 0.25) is 0 Å². The third kappa shape index (κ3) is 2.97. The second-order valence-corrected chi connectivity index (χ2v) is 5.39. The summed E-state index contributed by atoms with van der Waals surface area (Å²) < 4.78 is 0. The molecule has 4 nitrogen and oxygen atoms in total. The van der Waals surface area contributed by atoms with Gasteiger partial charge in [0, 0.05) is 4.90 Å². The molecule has 2 aromatic rings. The van der Waals surface area contributed by atoms with Crippen molar-refractivity contribution in [3.8, 4) is 0 Å². The SMILES string of the molecule is CSc1ccccc1C(=O)Nc1sccc1C(=O)O. The van der Waals surface area contributed by atoms with E-state index in [4.69, 9.17) is 5.11 Å². The fourth-order valence-corrected chi connectivity index (χ4v) is 2.95. The molecule has 0 saturated heterocycles. The number of rotatable bonds is 4. The van der Waals surface area contributed by atoms with Crippen LogP contribution in [0.25, 0.3) is 0 Å². The molecule has 0 radical (unpaired) electrons. The lowest BCUT2D eigenvalue weighted by Gasteiger charge is -2.07. The number of amides is 1. The van der Waals surface area contributed by atoms with Gasteiger partial charge in [-0.3, -0.25) is 4.79 Å². The monoisotopic (exact) mass is 293 g/mol. The van der Waals surface area contributed by atoms with E-state index in [-0.39, 0.29) is 11.5 Å². The Morgan fingerprint density at radius 2 is 1.95 bits per heavy atom. The quantitative estimate of drug-likeness (QED) is 0.848. The number of carboxylic acids is 1. The molecule has 6 heteroatoms. The van der Waals surface area contributed by atoms with E-state index in [1.54, 1.807) is 17.5 Å². The Bertz CT molecular complexity index is 622. The van der Waals surface area contributed by atoms with Gasteiger partial charge < -0.3 is 10.4 Å². The zero-order valence-electron chi connectivity index (χ0n) is 10.0. The summed E-state index contributed by atoms with van der Waals surface area (Å²) in [5.41, 5.74) is 0.653. The zero-order valence-corrected chi connectivity index (χ0v) is 11.7. The fourth-order valence-electron chi connectivity index (χ4n) is 1.58. The molecule has 2 rings (SSSR count).